The number of para-hydroxylation sites is 2. The summed E-state index contributed by atoms with van der Waals surface area (Å²) in [5.41, 5.74) is 1.14. The van der Waals surface area contributed by atoms with Gasteiger partial charge in [-0.3, -0.25) is 0 Å². The van der Waals surface area contributed by atoms with Gasteiger partial charge in [-0.1, -0.05) is 24.3 Å². The number of nitrogens with one attached hydrogen (secondary N) is 1. The Morgan fingerprint density at radius 3 is 2.61 bits per heavy atom. The van der Waals surface area contributed by atoms with Gasteiger partial charge < -0.3 is 4.98 Å². The molecule has 3 aromatic rings. The zero-order chi connectivity index (χ0) is 16.4. The summed E-state index contributed by atoms with van der Waals surface area (Å²) in [5, 5.41) is 9.29. The van der Waals surface area contributed by atoms with E-state index in [0.29, 0.717) is 11.3 Å². The Morgan fingerprint density at radius 1 is 1.13 bits per heavy atom. The van der Waals surface area contributed by atoms with E-state index >= 15 is 0 Å². The van der Waals surface area contributed by atoms with Crippen LogP contribution in [0.25, 0.3) is 22.7 Å². The molecule has 0 amide bonds. The van der Waals surface area contributed by atoms with Crippen molar-refractivity contribution in [2.45, 2.75) is 6.18 Å². The molecule has 0 aliphatic carbocycles. The zero-order valence-electron chi connectivity index (χ0n) is 11.7. The molecule has 0 unspecified atom stereocenters. The van der Waals surface area contributed by atoms with Gasteiger partial charge in [0.05, 0.1) is 22.2 Å². The maximum absolute atomic E-state index is 12.7. The van der Waals surface area contributed by atoms with E-state index in [1.165, 1.54) is 18.2 Å². The molecule has 0 atom stereocenters. The molecule has 0 aliphatic heterocycles. The summed E-state index contributed by atoms with van der Waals surface area (Å²) in [7, 11) is 0. The monoisotopic (exact) mass is 313 g/mol. The summed E-state index contributed by atoms with van der Waals surface area (Å²) in [6.07, 6.45) is -3.04. The second-order valence-corrected chi connectivity index (χ2v) is 4.90. The molecule has 1 heterocycles. The maximum atomic E-state index is 12.7. The van der Waals surface area contributed by atoms with E-state index in [2.05, 4.69) is 9.97 Å². The third-order valence-corrected chi connectivity index (χ3v) is 3.29. The van der Waals surface area contributed by atoms with Crippen molar-refractivity contribution < 1.29 is 13.2 Å². The standard InChI is InChI=1S/C17H10F3N3/c18-17(19,20)13-5-3-4-11(9-13)8-12(10-21)16-22-14-6-1-2-7-15(14)23-16/h1-9H,(H,22,23). The number of alkyl halides is 3. The molecule has 23 heavy (non-hydrogen) atoms. The van der Waals surface area contributed by atoms with Crippen LogP contribution in [-0.2, 0) is 6.18 Å². The molecule has 0 spiro atoms. The van der Waals surface area contributed by atoms with Crippen molar-refractivity contribution in [2.75, 3.05) is 0 Å². The highest BCUT2D eigenvalue weighted by Crippen LogP contribution is 2.30. The Morgan fingerprint density at radius 2 is 1.91 bits per heavy atom. The minimum absolute atomic E-state index is 0.167. The van der Waals surface area contributed by atoms with Gasteiger partial charge in [0.1, 0.15) is 11.9 Å². The van der Waals surface area contributed by atoms with Gasteiger partial charge in [-0.05, 0) is 35.9 Å². The molecule has 3 rings (SSSR count). The maximum Gasteiger partial charge on any atom is 0.416 e. The summed E-state index contributed by atoms with van der Waals surface area (Å²) in [6.45, 7) is 0. The summed E-state index contributed by atoms with van der Waals surface area (Å²) < 4.78 is 38.2. The Hall–Kier alpha value is -3.07. The van der Waals surface area contributed by atoms with E-state index in [1.54, 1.807) is 6.07 Å². The van der Waals surface area contributed by atoms with Crippen molar-refractivity contribution in [2.24, 2.45) is 0 Å². The Bertz CT molecular complexity index is 897. The second-order valence-electron chi connectivity index (χ2n) is 4.90. The van der Waals surface area contributed by atoms with E-state index < -0.39 is 11.7 Å². The van der Waals surface area contributed by atoms with Gasteiger partial charge in [-0.15, -0.1) is 0 Å². The summed E-state index contributed by atoms with van der Waals surface area (Å²) in [5.74, 6) is 0.325. The lowest BCUT2D eigenvalue weighted by Crippen LogP contribution is -2.04. The Kier molecular flexibility index (Phi) is 3.62. The van der Waals surface area contributed by atoms with Gasteiger partial charge in [0.15, 0.2) is 0 Å². The molecule has 0 saturated carbocycles. The van der Waals surface area contributed by atoms with Crippen LogP contribution >= 0.6 is 0 Å². The summed E-state index contributed by atoms with van der Waals surface area (Å²) in [4.78, 5) is 7.27. The van der Waals surface area contributed by atoms with Gasteiger partial charge >= 0.3 is 6.18 Å². The van der Waals surface area contributed by atoms with Crippen molar-refractivity contribution in [3.8, 4) is 6.07 Å². The fraction of sp³-hybridized carbons (Fsp3) is 0.0588. The highest BCUT2D eigenvalue weighted by Gasteiger charge is 2.30. The first-order valence-electron chi connectivity index (χ1n) is 6.71. The number of imidazole rings is 1. The third kappa shape index (κ3) is 3.09. The van der Waals surface area contributed by atoms with Crippen LogP contribution in [0.5, 0.6) is 0 Å². The van der Waals surface area contributed by atoms with Crippen molar-refractivity contribution in [1.29, 1.82) is 5.26 Å². The number of hydrogen-bond acceptors (Lipinski definition) is 2. The average molecular weight is 313 g/mol. The van der Waals surface area contributed by atoms with Crippen molar-refractivity contribution in [3.63, 3.8) is 0 Å². The van der Waals surface area contributed by atoms with E-state index in [9.17, 15) is 18.4 Å². The van der Waals surface area contributed by atoms with Crippen LogP contribution < -0.4 is 0 Å². The number of allylic oxidation sites excluding steroid dienone is 1. The first kappa shape index (κ1) is 14.9. The molecule has 114 valence electrons. The first-order valence-corrected chi connectivity index (χ1v) is 6.71. The van der Waals surface area contributed by atoms with Crippen molar-refractivity contribution >= 4 is 22.7 Å². The van der Waals surface area contributed by atoms with Crippen LogP contribution in [0.1, 0.15) is 17.0 Å². The number of aromatic amines is 1. The fourth-order valence-corrected chi connectivity index (χ4v) is 2.21. The fourth-order valence-electron chi connectivity index (χ4n) is 2.21. The Balaban J connectivity index is 2.04. The normalized spacial score (nSPS) is 12.3. The summed E-state index contributed by atoms with van der Waals surface area (Å²) >= 11 is 0. The smallest absolute Gasteiger partial charge is 0.337 e. The molecule has 6 heteroatoms. The molecule has 0 saturated heterocycles. The minimum Gasteiger partial charge on any atom is -0.337 e. The van der Waals surface area contributed by atoms with Crippen LogP contribution in [0.3, 0.4) is 0 Å². The number of halogens is 3. The average Bonchev–Trinajstić information content (AvgIpc) is 2.96. The summed E-state index contributed by atoms with van der Waals surface area (Å²) in [6, 6.07) is 14.0. The Labute approximate surface area is 129 Å². The van der Waals surface area contributed by atoms with Crippen LogP contribution in [-0.4, -0.2) is 9.97 Å². The molecule has 0 bridgehead atoms. The van der Waals surface area contributed by atoms with Gasteiger partial charge in [-0.2, -0.15) is 18.4 Å². The molecular formula is C17H10F3N3. The lowest BCUT2D eigenvalue weighted by atomic mass is 10.1. The highest BCUT2D eigenvalue weighted by molar-refractivity contribution is 5.90. The largest absolute Gasteiger partial charge is 0.416 e. The van der Waals surface area contributed by atoms with Gasteiger partial charge in [0.25, 0.3) is 0 Å². The zero-order valence-corrected chi connectivity index (χ0v) is 11.7. The number of H-pyrrole nitrogens is 1. The predicted molar refractivity (Wildman–Crippen MR) is 81.0 cm³/mol. The van der Waals surface area contributed by atoms with Crippen LogP contribution in [0.15, 0.2) is 48.5 Å². The van der Waals surface area contributed by atoms with Gasteiger partial charge in [-0.25, -0.2) is 4.98 Å². The SMILES string of the molecule is N#CC(=Cc1cccc(C(F)(F)F)c1)c1nc2ccccc2[nH]1. The van der Waals surface area contributed by atoms with Crippen LogP contribution in [0.2, 0.25) is 0 Å². The van der Waals surface area contributed by atoms with Gasteiger partial charge in [0.2, 0.25) is 0 Å². The predicted octanol–water partition coefficient (Wildman–Crippen LogP) is 4.65. The second kappa shape index (κ2) is 5.61. The first-order chi connectivity index (χ1) is 11.0. The number of aromatic nitrogens is 2. The molecule has 1 N–H and O–H groups in total. The third-order valence-electron chi connectivity index (χ3n) is 3.29. The number of hydrogen-bond donors (Lipinski definition) is 1. The van der Waals surface area contributed by atoms with Crippen molar-refractivity contribution in [1.82, 2.24) is 9.97 Å². The number of rotatable bonds is 2. The van der Waals surface area contributed by atoms with E-state index in [4.69, 9.17) is 0 Å². The number of nitrogens with zero attached hydrogens (tertiary/aromatic N) is 2. The molecule has 0 radical (unpaired) electrons. The van der Waals surface area contributed by atoms with Crippen LogP contribution in [0.4, 0.5) is 13.2 Å². The minimum atomic E-state index is -4.42. The van der Waals surface area contributed by atoms with Gasteiger partial charge in [0, 0.05) is 0 Å². The molecule has 0 aliphatic rings. The quantitative estimate of drug-likeness (QED) is 0.700. The number of fused-ring (bicyclic) bond motifs is 1. The lowest BCUT2D eigenvalue weighted by Gasteiger charge is -2.06. The molecule has 0 fully saturated rings. The van der Waals surface area contributed by atoms with E-state index in [0.717, 1.165) is 17.6 Å². The van der Waals surface area contributed by atoms with Crippen molar-refractivity contribution in [3.05, 3.63) is 65.5 Å². The molecule has 3 nitrogen and oxygen atoms in total. The molecule has 2 aromatic carbocycles. The van der Waals surface area contributed by atoms with E-state index in [1.807, 2.05) is 24.3 Å². The number of benzene rings is 2. The van der Waals surface area contributed by atoms with Crippen LogP contribution in [0, 0.1) is 11.3 Å². The van der Waals surface area contributed by atoms with E-state index in [-0.39, 0.29) is 11.1 Å². The topological polar surface area (TPSA) is 52.5 Å². The lowest BCUT2D eigenvalue weighted by molar-refractivity contribution is -0.137. The number of nitriles is 1. The molecular weight excluding hydrogens is 303 g/mol. The highest BCUT2D eigenvalue weighted by atomic mass is 19.4. The molecule has 1 aromatic heterocycles.